The fraction of sp³-hybridized carbons (Fsp3) is 0.174. The fourth-order valence-corrected chi connectivity index (χ4v) is 3.35. The summed E-state index contributed by atoms with van der Waals surface area (Å²) in [6.07, 6.45) is 3.21. The van der Waals surface area contributed by atoms with E-state index in [1.165, 1.54) is 0 Å². The molecule has 1 N–H and O–H groups in total. The second kappa shape index (κ2) is 8.14. The van der Waals surface area contributed by atoms with Gasteiger partial charge in [-0.25, -0.2) is 4.98 Å². The van der Waals surface area contributed by atoms with Gasteiger partial charge in [0.05, 0.1) is 29.7 Å². The van der Waals surface area contributed by atoms with Crippen LogP contribution in [0.1, 0.15) is 34.7 Å². The van der Waals surface area contributed by atoms with Gasteiger partial charge in [-0.1, -0.05) is 24.3 Å². The van der Waals surface area contributed by atoms with Crippen molar-refractivity contribution in [3.63, 3.8) is 0 Å². The molecule has 0 spiro atoms. The Labute approximate surface area is 169 Å². The van der Waals surface area contributed by atoms with Gasteiger partial charge in [0, 0.05) is 18.9 Å². The summed E-state index contributed by atoms with van der Waals surface area (Å²) in [6.45, 7) is 2.59. The van der Waals surface area contributed by atoms with E-state index in [1.807, 2.05) is 55.5 Å². The first-order valence-corrected chi connectivity index (χ1v) is 9.44. The lowest BCUT2D eigenvalue weighted by atomic mass is 10.2. The van der Waals surface area contributed by atoms with Crippen molar-refractivity contribution in [3.8, 4) is 5.75 Å². The summed E-state index contributed by atoms with van der Waals surface area (Å²) in [7, 11) is 1.66. The highest BCUT2D eigenvalue weighted by atomic mass is 16.5. The molecule has 146 valence electrons. The molecule has 1 atom stereocenters. The molecule has 0 aliphatic heterocycles. The minimum Gasteiger partial charge on any atom is -0.497 e. The first-order valence-electron chi connectivity index (χ1n) is 9.44. The van der Waals surface area contributed by atoms with Gasteiger partial charge in [0.25, 0.3) is 5.91 Å². The molecule has 0 aliphatic rings. The lowest BCUT2D eigenvalue weighted by molar-refractivity contribution is 0.0937. The molecule has 0 bridgehead atoms. The zero-order valence-electron chi connectivity index (χ0n) is 16.4. The Morgan fingerprint density at radius 1 is 1.10 bits per heavy atom. The topological polar surface area (TPSA) is 69.0 Å². The van der Waals surface area contributed by atoms with E-state index in [-0.39, 0.29) is 11.9 Å². The number of pyridine rings is 1. The van der Waals surface area contributed by atoms with E-state index in [4.69, 9.17) is 9.72 Å². The summed E-state index contributed by atoms with van der Waals surface area (Å²) in [5, 5.41) is 3.04. The van der Waals surface area contributed by atoms with Gasteiger partial charge in [-0.3, -0.25) is 9.78 Å². The lowest BCUT2D eigenvalue weighted by Crippen LogP contribution is -2.29. The average molecular weight is 386 g/mol. The number of methoxy groups -OCH3 is 1. The number of para-hydroxylation sites is 2. The summed E-state index contributed by atoms with van der Waals surface area (Å²) in [6, 6.07) is 19.2. The minimum atomic E-state index is -0.270. The van der Waals surface area contributed by atoms with E-state index < -0.39 is 0 Å². The molecule has 1 amide bonds. The highest BCUT2D eigenvalue weighted by molar-refractivity contribution is 5.94. The monoisotopic (exact) mass is 386 g/mol. The van der Waals surface area contributed by atoms with Gasteiger partial charge in [0.15, 0.2) is 0 Å². The largest absolute Gasteiger partial charge is 0.497 e. The van der Waals surface area contributed by atoms with E-state index in [0.717, 1.165) is 28.2 Å². The van der Waals surface area contributed by atoms with E-state index >= 15 is 0 Å². The molecule has 4 aromatic rings. The lowest BCUT2D eigenvalue weighted by Gasteiger charge is -2.16. The summed E-state index contributed by atoms with van der Waals surface area (Å²) < 4.78 is 7.39. The van der Waals surface area contributed by atoms with Crippen molar-refractivity contribution in [1.29, 1.82) is 0 Å². The van der Waals surface area contributed by atoms with Gasteiger partial charge >= 0.3 is 0 Å². The third kappa shape index (κ3) is 3.96. The molecule has 6 heteroatoms. The number of aromatic nitrogens is 3. The van der Waals surface area contributed by atoms with Crippen LogP contribution in [0, 0.1) is 0 Å². The van der Waals surface area contributed by atoms with Crippen LogP contribution in [-0.4, -0.2) is 27.6 Å². The standard InChI is InChI=1S/C23H22N4O2/c1-16(25-23(28)18-6-5-13-24-14-18)22-26-20-7-3-4-8-21(20)27(22)15-17-9-11-19(29-2)12-10-17/h3-14,16H,15H2,1-2H3,(H,25,28). The molecular formula is C23H22N4O2. The zero-order valence-corrected chi connectivity index (χ0v) is 16.4. The van der Waals surface area contributed by atoms with Crippen LogP contribution in [0.3, 0.4) is 0 Å². The molecular weight excluding hydrogens is 364 g/mol. The van der Waals surface area contributed by atoms with E-state index in [2.05, 4.69) is 14.9 Å². The van der Waals surface area contributed by atoms with E-state index in [1.54, 1.807) is 31.6 Å². The highest BCUT2D eigenvalue weighted by Gasteiger charge is 2.19. The van der Waals surface area contributed by atoms with Crippen molar-refractivity contribution in [1.82, 2.24) is 19.9 Å². The maximum Gasteiger partial charge on any atom is 0.253 e. The first kappa shape index (κ1) is 18.7. The quantitative estimate of drug-likeness (QED) is 0.544. The van der Waals surface area contributed by atoms with Crippen LogP contribution in [0.2, 0.25) is 0 Å². The zero-order chi connectivity index (χ0) is 20.2. The number of imidazole rings is 1. The molecule has 2 heterocycles. The van der Waals surface area contributed by atoms with Gasteiger partial charge in [-0.05, 0) is 48.9 Å². The Morgan fingerprint density at radius 3 is 2.62 bits per heavy atom. The van der Waals surface area contributed by atoms with Gasteiger partial charge in [-0.2, -0.15) is 0 Å². The van der Waals surface area contributed by atoms with E-state index in [9.17, 15) is 4.79 Å². The van der Waals surface area contributed by atoms with Gasteiger partial charge < -0.3 is 14.6 Å². The van der Waals surface area contributed by atoms with Crippen molar-refractivity contribution in [3.05, 3.63) is 90.0 Å². The molecule has 2 aromatic carbocycles. The molecule has 1 unspecified atom stereocenters. The van der Waals surface area contributed by atoms with Gasteiger partial charge in [0.2, 0.25) is 0 Å². The number of amides is 1. The summed E-state index contributed by atoms with van der Waals surface area (Å²) in [4.78, 5) is 21.4. The molecule has 0 radical (unpaired) electrons. The SMILES string of the molecule is COc1ccc(Cn2c(C(C)NC(=O)c3cccnc3)nc3ccccc32)cc1. The maximum absolute atomic E-state index is 12.6. The number of ether oxygens (including phenoxy) is 1. The average Bonchev–Trinajstić information content (AvgIpc) is 3.13. The van der Waals surface area contributed by atoms with Crippen LogP contribution < -0.4 is 10.1 Å². The van der Waals surface area contributed by atoms with Crippen LogP contribution in [0.15, 0.2) is 73.1 Å². The Morgan fingerprint density at radius 2 is 1.90 bits per heavy atom. The number of rotatable bonds is 6. The smallest absolute Gasteiger partial charge is 0.253 e. The number of benzene rings is 2. The summed E-state index contributed by atoms with van der Waals surface area (Å²) in [5.41, 5.74) is 3.58. The molecule has 0 saturated heterocycles. The molecule has 29 heavy (non-hydrogen) atoms. The number of nitrogens with zero attached hydrogens (tertiary/aromatic N) is 3. The number of carbonyl (C=O) groups excluding carboxylic acids is 1. The maximum atomic E-state index is 12.6. The Kier molecular flexibility index (Phi) is 5.24. The highest BCUT2D eigenvalue weighted by Crippen LogP contribution is 2.23. The van der Waals surface area contributed by atoms with Crippen molar-refractivity contribution >= 4 is 16.9 Å². The Balaban J connectivity index is 1.66. The van der Waals surface area contributed by atoms with Crippen LogP contribution in [-0.2, 0) is 6.54 Å². The molecule has 2 aromatic heterocycles. The molecule has 0 aliphatic carbocycles. The number of carbonyl (C=O) groups is 1. The summed E-state index contributed by atoms with van der Waals surface area (Å²) >= 11 is 0. The van der Waals surface area contributed by atoms with Crippen LogP contribution in [0.25, 0.3) is 11.0 Å². The predicted octanol–water partition coefficient (Wildman–Crippen LogP) is 3.98. The number of nitrogens with one attached hydrogen (secondary N) is 1. The number of hydrogen-bond donors (Lipinski definition) is 1. The van der Waals surface area contributed by atoms with Crippen molar-refractivity contribution in [2.75, 3.05) is 7.11 Å². The fourth-order valence-electron chi connectivity index (χ4n) is 3.35. The Hall–Kier alpha value is -3.67. The number of hydrogen-bond acceptors (Lipinski definition) is 4. The number of fused-ring (bicyclic) bond motifs is 1. The summed E-state index contributed by atoms with van der Waals surface area (Å²) in [5.74, 6) is 1.45. The van der Waals surface area contributed by atoms with Crippen LogP contribution >= 0.6 is 0 Å². The molecule has 0 fully saturated rings. The third-order valence-electron chi connectivity index (χ3n) is 4.84. The molecule has 4 rings (SSSR count). The molecule has 0 saturated carbocycles. The first-order chi connectivity index (χ1) is 14.2. The van der Waals surface area contributed by atoms with Crippen LogP contribution in [0.5, 0.6) is 5.75 Å². The third-order valence-corrected chi connectivity index (χ3v) is 4.84. The van der Waals surface area contributed by atoms with Gasteiger partial charge in [-0.15, -0.1) is 0 Å². The van der Waals surface area contributed by atoms with Crippen molar-refractivity contribution in [2.45, 2.75) is 19.5 Å². The second-order valence-corrected chi connectivity index (χ2v) is 6.83. The van der Waals surface area contributed by atoms with Crippen LogP contribution in [0.4, 0.5) is 0 Å². The normalized spacial score (nSPS) is 11.9. The second-order valence-electron chi connectivity index (χ2n) is 6.83. The predicted molar refractivity (Wildman–Crippen MR) is 112 cm³/mol. The molecule has 6 nitrogen and oxygen atoms in total. The van der Waals surface area contributed by atoms with Gasteiger partial charge in [0.1, 0.15) is 11.6 Å². The van der Waals surface area contributed by atoms with Crippen molar-refractivity contribution in [2.24, 2.45) is 0 Å². The minimum absolute atomic E-state index is 0.173. The van der Waals surface area contributed by atoms with E-state index in [0.29, 0.717) is 12.1 Å². The Bertz CT molecular complexity index is 1120. The van der Waals surface area contributed by atoms with Crippen molar-refractivity contribution < 1.29 is 9.53 Å².